The largest absolute Gasteiger partial charge is 0.339 e. The highest BCUT2D eigenvalue weighted by molar-refractivity contribution is 5.95. The highest BCUT2D eigenvalue weighted by Gasteiger charge is 2.17. The monoisotopic (exact) mass is 249 g/mol. The fourth-order valence-electron chi connectivity index (χ4n) is 1.97. The van der Waals surface area contributed by atoms with Gasteiger partial charge >= 0.3 is 0 Å². The number of nitrogen functional groups attached to an aromatic ring is 1. The second kappa shape index (κ2) is 6.40. The van der Waals surface area contributed by atoms with Crippen LogP contribution < -0.4 is 11.3 Å². The number of rotatable bonds is 5. The van der Waals surface area contributed by atoms with Gasteiger partial charge in [0.05, 0.1) is 5.69 Å². The van der Waals surface area contributed by atoms with Crippen LogP contribution in [0, 0.1) is 6.92 Å². The van der Waals surface area contributed by atoms with Crippen molar-refractivity contribution in [3.63, 3.8) is 0 Å². The summed E-state index contributed by atoms with van der Waals surface area (Å²) in [5.74, 6) is 5.44. The van der Waals surface area contributed by atoms with E-state index in [1.165, 1.54) is 0 Å². The van der Waals surface area contributed by atoms with Crippen molar-refractivity contribution in [2.24, 2.45) is 5.84 Å². The summed E-state index contributed by atoms with van der Waals surface area (Å²) < 4.78 is 0. The molecule has 18 heavy (non-hydrogen) atoms. The first-order valence-electron chi connectivity index (χ1n) is 6.35. The predicted molar refractivity (Wildman–Crippen MR) is 75.5 cm³/mol. The second-order valence-electron chi connectivity index (χ2n) is 4.73. The van der Waals surface area contributed by atoms with E-state index in [1.54, 1.807) is 11.0 Å². The van der Waals surface area contributed by atoms with Gasteiger partial charge in [-0.25, -0.2) is 0 Å². The molecule has 1 rings (SSSR count). The Morgan fingerprint density at radius 3 is 2.67 bits per heavy atom. The van der Waals surface area contributed by atoms with Gasteiger partial charge in [-0.2, -0.15) is 0 Å². The number of aryl methyl sites for hydroxylation is 1. The van der Waals surface area contributed by atoms with Crippen LogP contribution in [-0.4, -0.2) is 23.9 Å². The second-order valence-corrected chi connectivity index (χ2v) is 4.73. The molecule has 1 unspecified atom stereocenters. The minimum atomic E-state index is 0.0580. The van der Waals surface area contributed by atoms with Gasteiger partial charge in [-0.05, 0) is 44.0 Å². The van der Waals surface area contributed by atoms with Crippen molar-refractivity contribution in [3.05, 3.63) is 29.3 Å². The van der Waals surface area contributed by atoms with E-state index in [1.807, 2.05) is 26.1 Å². The van der Waals surface area contributed by atoms with Crippen LogP contribution in [0.3, 0.4) is 0 Å². The summed E-state index contributed by atoms with van der Waals surface area (Å²) in [6.07, 6.45) is 2.09. The summed E-state index contributed by atoms with van der Waals surface area (Å²) in [7, 11) is 1.85. The lowest BCUT2D eigenvalue weighted by Crippen LogP contribution is -2.35. The van der Waals surface area contributed by atoms with Crippen LogP contribution in [0.15, 0.2) is 18.2 Å². The maximum Gasteiger partial charge on any atom is 0.253 e. The zero-order valence-corrected chi connectivity index (χ0v) is 11.7. The van der Waals surface area contributed by atoms with Crippen molar-refractivity contribution in [3.8, 4) is 0 Å². The average Bonchev–Trinajstić information content (AvgIpc) is 2.37. The van der Waals surface area contributed by atoms with Gasteiger partial charge in [-0.15, -0.1) is 0 Å². The molecule has 1 aromatic rings. The molecule has 3 N–H and O–H groups in total. The van der Waals surface area contributed by atoms with E-state index in [2.05, 4.69) is 19.3 Å². The molecule has 1 atom stereocenters. The molecule has 1 aromatic carbocycles. The summed E-state index contributed by atoms with van der Waals surface area (Å²) in [6.45, 7) is 6.13. The van der Waals surface area contributed by atoms with Gasteiger partial charge in [0.15, 0.2) is 0 Å². The quantitative estimate of drug-likeness (QED) is 0.623. The first-order valence-corrected chi connectivity index (χ1v) is 6.35. The van der Waals surface area contributed by atoms with E-state index in [9.17, 15) is 4.79 Å². The third-order valence-electron chi connectivity index (χ3n) is 3.32. The van der Waals surface area contributed by atoms with Gasteiger partial charge < -0.3 is 10.3 Å². The van der Waals surface area contributed by atoms with Gasteiger partial charge in [0, 0.05) is 18.7 Å². The van der Waals surface area contributed by atoms with Crippen LogP contribution >= 0.6 is 0 Å². The van der Waals surface area contributed by atoms with Crippen LogP contribution in [-0.2, 0) is 0 Å². The number of hydrazine groups is 1. The van der Waals surface area contributed by atoms with E-state index in [0.717, 1.165) is 24.1 Å². The summed E-state index contributed by atoms with van der Waals surface area (Å²) >= 11 is 0. The topological polar surface area (TPSA) is 58.4 Å². The summed E-state index contributed by atoms with van der Waals surface area (Å²) in [6, 6.07) is 5.77. The average molecular weight is 249 g/mol. The first-order chi connectivity index (χ1) is 8.51. The molecule has 0 heterocycles. The number of hydrogen-bond acceptors (Lipinski definition) is 3. The van der Waals surface area contributed by atoms with Gasteiger partial charge in [0.2, 0.25) is 0 Å². The standard InChI is InChI=1S/C14H23N3O/c1-5-6-11(3)17(4)14(18)12-7-8-13(16-15)10(2)9-12/h7-9,11,16H,5-6,15H2,1-4H3. The maximum atomic E-state index is 12.3. The Labute approximate surface area is 109 Å². The minimum absolute atomic E-state index is 0.0580. The van der Waals surface area contributed by atoms with Crippen molar-refractivity contribution in [1.29, 1.82) is 0 Å². The molecular weight excluding hydrogens is 226 g/mol. The highest BCUT2D eigenvalue weighted by Crippen LogP contribution is 2.17. The third-order valence-corrected chi connectivity index (χ3v) is 3.32. The van der Waals surface area contributed by atoms with E-state index < -0.39 is 0 Å². The predicted octanol–water partition coefficient (Wildman–Crippen LogP) is 2.54. The first kappa shape index (κ1) is 14.5. The Hall–Kier alpha value is -1.55. The third kappa shape index (κ3) is 3.23. The number of nitrogens with zero attached hydrogens (tertiary/aromatic N) is 1. The molecule has 0 fully saturated rings. The molecule has 100 valence electrons. The maximum absolute atomic E-state index is 12.3. The summed E-state index contributed by atoms with van der Waals surface area (Å²) in [5.41, 5.74) is 5.13. The lowest BCUT2D eigenvalue weighted by atomic mass is 10.1. The Kier molecular flexibility index (Phi) is 5.16. The molecule has 0 spiro atoms. The fourth-order valence-corrected chi connectivity index (χ4v) is 1.97. The van der Waals surface area contributed by atoms with Crippen LogP contribution in [0.1, 0.15) is 42.6 Å². The van der Waals surface area contributed by atoms with Crippen LogP contribution in [0.2, 0.25) is 0 Å². The van der Waals surface area contributed by atoms with Crippen molar-refractivity contribution in [1.82, 2.24) is 4.90 Å². The van der Waals surface area contributed by atoms with Gasteiger partial charge in [0.1, 0.15) is 0 Å². The van der Waals surface area contributed by atoms with Crippen LogP contribution in [0.25, 0.3) is 0 Å². The number of carbonyl (C=O) groups is 1. The number of benzene rings is 1. The number of carbonyl (C=O) groups excluding carboxylic acids is 1. The number of hydrogen-bond donors (Lipinski definition) is 2. The molecule has 4 nitrogen and oxygen atoms in total. The Morgan fingerprint density at radius 1 is 1.50 bits per heavy atom. The van der Waals surface area contributed by atoms with Crippen LogP contribution in [0.4, 0.5) is 5.69 Å². The Morgan fingerprint density at radius 2 is 2.17 bits per heavy atom. The molecule has 0 saturated heterocycles. The molecule has 1 amide bonds. The molecule has 0 radical (unpaired) electrons. The minimum Gasteiger partial charge on any atom is -0.339 e. The zero-order valence-electron chi connectivity index (χ0n) is 11.7. The van der Waals surface area contributed by atoms with Crippen LogP contribution in [0.5, 0.6) is 0 Å². The summed E-state index contributed by atoms with van der Waals surface area (Å²) in [5, 5.41) is 0. The molecule has 4 heteroatoms. The van der Waals surface area contributed by atoms with Crippen molar-refractivity contribution in [2.45, 2.75) is 39.7 Å². The number of anilines is 1. The Balaban J connectivity index is 2.87. The number of amides is 1. The SMILES string of the molecule is CCCC(C)N(C)C(=O)c1ccc(NN)c(C)c1. The van der Waals surface area contributed by atoms with E-state index >= 15 is 0 Å². The number of nitrogens with one attached hydrogen (secondary N) is 1. The van der Waals surface area contributed by atoms with Gasteiger partial charge in [-0.3, -0.25) is 10.6 Å². The molecule has 0 aliphatic heterocycles. The van der Waals surface area contributed by atoms with E-state index in [4.69, 9.17) is 5.84 Å². The summed E-state index contributed by atoms with van der Waals surface area (Å²) in [4.78, 5) is 14.1. The Bertz CT molecular complexity index is 418. The fraction of sp³-hybridized carbons (Fsp3) is 0.500. The molecule has 0 aliphatic rings. The smallest absolute Gasteiger partial charge is 0.253 e. The molecule has 0 aromatic heterocycles. The molecule has 0 aliphatic carbocycles. The normalized spacial score (nSPS) is 12.1. The lowest BCUT2D eigenvalue weighted by molar-refractivity contribution is 0.0736. The highest BCUT2D eigenvalue weighted by atomic mass is 16.2. The zero-order chi connectivity index (χ0) is 13.7. The lowest BCUT2D eigenvalue weighted by Gasteiger charge is -2.25. The molecular formula is C14H23N3O. The van der Waals surface area contributed by atoms with Crippen molar-refractivity contribution in [2.75, 3.05) is 12.5 Å². The van der Waals surface area contributed by atoms with Crippen molar-refractivity contribution < 1.29 is 4.79 Å². The number of nitrogens with two attached hydrogens (primary N) is 1. The molecule has 0 saturated carbocycles. The van der Waals surface area contributed by atoms with Gasteiger partial charge in [0.25, 0.3) is 5.91 Å². The van der Waals surface area contributed by atoms with E-state index in [0.29, 0.717) is 5.56 Å². The van der Waals surface area contributed by atoms with Gasteiger partial charge in [-0.1, -0.05) is 13.3 Å². The van der Waals surface area contributed by atoms with Crippen molar-refractivity contribution >= 4 is 11.6 Å². The molecule has 0 bridgehead atoms. The van der Waals surface area contributed by atoms with E-state index in [-0.39, 0.29) is 11.9 Å².